The zero-order valence-electron chi connectivity index (χ0n) is 11.9. The smallest absolute Gasteiger partial charge is 0.127 e. The Morgan fingerprint density at radius 3 is 2.17 bits per heavy atom. The van der Waals surface area contributed by atoms with Crippen LogP contribution in [0.3, 0.4) is 0 Å². The Hall–Kier alpha value is -0.410. The molecular formula is C15H27NO2. The van der Waals surface area contributed by atoms with Crippen molar-refractivity contribution in [3.8, 4) is 0 Å². The van der Waals surface area contributed by atoms with Crippen LogP contribution in [-0.2, 0) is 9.53 Å². The first kappa shape index (κ1) is 14.0. The molecule has 0 N–H and O–H groups in total. The molecule has 0 aromatic rings. The summed E-state index contributed by atoms with van der Waals surface area (Å²) in [6.07, 6.45) is 9.03. The van der Waals surface area contributed by atoms with E-state index in [2.05, 4.69) is 18.7 Å². The van der Waals surface area contributed by atoms with Crippen LogP contribution >= 0.6 is 0 Å². The number of hydrogen-bond acceptors (Lipinski definition) is 3. The third kappa shape index (κ3) is 3.55. The van der Waals surface area contributed by atoms with Crippen LogP contribution in [0, 0.1) is 5.41 Å². The molecule has 3 nitrogen and oxygen atoms in total. The Kier molecular flexibility index (Phi) is 4.79. The van der Waals surface area contributed by atoms with Gasteiger partial charge < -0.3 is 9.53 Å². The first-order valence-corrected chi connectivity index (χ1v) is 7.48. The molecule has 1 heterocycles. The Balaban J connectivity index is 1.97. The molecule has 0 bridgehead atoms. The van der Waals surface area contributed by atoms with Gasteiger partial charge in [-0.3, -0.25) is 4.90 Å². The molecule has 18 heavy (non-hydrogen) atoms. The van der Waals surface area contributed by atoms with Crippen molar-refractivity contribution >= 4 is 6.29 Å². The van der Waals surface area contributed by atoms with E-state index < -0.39 is 0 Å². The fraction of sp³-hybridized carbons (Fsp3) is 0.933. The molecule has 3 heteroatoms. The summed E-state index contributed by atoms with van der Waals surface area (Å²) in [4.78, 5) is 14.1. The summed E-state index contributed by atoms with van der Waals surface area (Å²) >= 11 is 0. The molecule has 0 aromatic heterocycles. The number of rotatable bonds is 3. The van der Waals surface area contributed by atoms with Gasteiger partial charge in [0.15, 0.2) is 0 Å². The van der Waals surface area contributed by atoms with Gasteiger partial charge in [-0.1, -0.05) is 25.7 Å². The number of carbonyl (C=O) groups is 1. The Morgan fingerprint density at radius 2 is 1.67 bits per heavy atom. The van der Waals surface area contributed by atoms with Crippen molar-refractivity contribution in [2.45, 2.75) is 64.6 Å². The van der Waals surface area contributed by atoms with Crippen LogP contribution in [0.5, 0.6) is 0 Å². The molecule has 0 spiro atoms. The van der Waals surface area contributed by atoms with Crippen molar-refractivity contribution in [3.05, 3.63) is 0 Å². The summed E-state index contributed by atoms with van der Waals surface area (Å²) < 4.78 is 5.77. The highest BCUT2D eigenvalue weighted by Gasteiger charge is 2.34. The van der Waals surface area contributed by atoms with Gasteiger partial charge in [-0.25, -0.2) is 0 Å². The highest BCUT2D eigenvalue weighted by atomic mass is 16.5. The van der Waals surface area contributed by atoms with Gasteiger partial charge in [0.1, 0.15) is 6.29 Å². The maximum absolute atomic E-state index is 11.6. The van der Waals surface area contributed by atoms with Gasteiger partial charge >= 0.3 is 0 Å². The highest BCUT2D eigenvalue weighted by Crippen LogP contribution is 2.34. The maximum Gasteiger partial charge on any atom is 0.127 e. The molecule has 2 fully saturated rings. The van der Waals surface area contributed by atoms with E-state index in [-0.39, 0.29) is 5.41 Å². The van der Waals surface area contributed by atoms with Crippen molar-refractivity contribution < 1.29 is 9.53 Å². The fourth-order valence-corrected chi connectivity index (χ4v) is 3.60. The van der Waals surface area contributed by atoms with Crippen molar-refractivity contribution in [1.29, 1.82) is 0 Å². The molecule has 0 unspecified atom stereocenters. The topological polar surface area (TPSA) is 29.5 Å². The van der Waals surface area contributed by atoms with Gasteiger partial charge in [-0.2, -0.15) is 0 Å². The highest BCUT2D eigenvalue weighted by molar-refractivity contribution is 5.59. The van der Waals surface area contributed by atoms with E-state index in [1.54, 1.807) is 0 Å². The third-order valence-electron chi connectivity index (χ3n) is 4.38. The second-order valence-corrected chi connectivity index (χ2v) is 6.35. The zero-order valence-corrected chi connectivity index (χ0v) is 11.9. The van der Waals surface area contributed by atoms with E-state index >= 15 is 0 Å². The first-order chi connectivity index (χ1) is 8.63. The second kappa shape index (κ2) is 6.16. The van der Waals surface area contributed by atoms with Gasteiger partial charge in [0.25, 0.3) is 0 Å². The van der Waals surface area contributed by atoms with Gasteiger partial charge in [-0.05, 0) is 26.7 Å². The van der Waals surface area contributed by atoms with Crippen LogP contribution in [0.2, 0.25) is 0 Å². The Labute approximate surface area is 111 Å². The SMILES string of the molecule is C[C@@H]1CN(CC2(C=O)CCCCCC2)C[C@H](C)O1. The number of morpholine rings is 1. The van der Waals surface area contributed by atoms with E-state index in [9.17, 15) is 4.79 Å². The lowest BCUT2D eigenvalue weighted by Gasteiger charge is -2.40. The van der Waals surface area contributed by atoms with Crippen LogP contribution in [0.1, 0.15) is 52.4 Å². The average Bonchev–Trinajstić information content (AvgIpc) is 2.54. The minimum Gasteiger partial charge on any atom is -0.373 e. The lowest BCUT2D eigenvalue weighted by molar-refractivity contribution is -0.121. The molecule has 1 saturated carbocycles. The van der Waals surface area contributed by atoms with E-state index in [4.69, 9.17) is 4.74 Å². The lowest BCUT2D eigenvalue weighted by Crippen LogP contribution is -2.50. The summed E-state index contributed by atoms with van der Waals surface area (Å²) in [5, 5.41) is 0. The molecule has 0 radical (unpaired) electrons. The molecule has 1 aliphatic heterocycles. The third-order valence-corrected chi connectivity index (χ3v) is 4.38. The number of carbonyl (C=O) groups excluding carboxylic acids is 1. The van der Waals surface area contributed by atoms with E-state index in [0.29, 0.717) is 12.2 Å². The molecule has 2 aliphatic rings. The van der Waals surface area contributed by atoms with Gasteiger partial charge in [0.05, 0.1) is 12.2 Å². The monoisotopic (exact) mass is 253 g/mol. The van der Waals surface area contributed by atoms with Gasteiger partial charge in [-0.15, -0.1) is 0 Å². The van der Waals surface area contributed by atoms with E-state index in [1.165, 1.54) is 32.0 Å². The number of hydrogen-bond donors (Lipinski definition) is 0. The van der Waals surface area contributed by atoms with Crippen LogP contribution in [0.15, 0.2) is 0 Å². The lowest BCUT2D eigenvalue weighted by atomic mass is 9.81. The normalized spacial score (nSPS) is 33.9. The summed E-state index contributed by atoms with van der Waals surface area (Å²) in [5.41, 5.74) is -0.0761. The minimum absolute atomic E-state index is 0.0761. The fourth-order valence-electron chi connectivity index (χ4n) is 3.60. The largest absolute Gasteiger partial charge is 0.373 e. The van der Waals surface area contributed by atoms with Crippen molar-refractivity contribution in [1.82, 2.24) is 4.90 Å². The second-order valence-electron chi connectivity index (χ2n) is 6.35. The molecule has 1 aliphatic carbocycles. The zero-order chi connectivity index (χ0) is 13.0. The molecule has 104 valence electrons. The molecule has 1 saturated heterocycles. The number of nitrogens with zero attached hydrogens (tertiary/aromatic N) is 1. The summed E-state index contributed by atoms with van der Waals surface area (Å²) in [5.74, 6) is 0. The van der Waals surface area contributed by atoms with Crippen LogP contribution in [-0.4, -0.2) is 43.0 Å². The Morgan fingerprint density at radius 1 is 1.11 bits per heavy atom. The van der Waals surface area contributed by atoms with Crippen LogP contribution in [0.4, 0.5) is 0 Å². The van der Waals surface area contributed by atoms with Gasteiger partial charge in [0, 0.05) is 25.0 Å². The average molecular weight is 253 g/mol. The maximum atomic E-state index is 11.6. The summed E-state index contributed by atoms with van der Waals surface area (Å²) in [7, 11) is 0. The number of aldehydes is 1. The van der Waals surface area contributed by atoms with E-state index in [0.717, 1.165) is 32.5 Å². The molecule has 0 amide bonds. The van der Waals surface area contributed by atoms with Crippen molar-refractivity contribution in [3.63, 3.8) is 0 Å². The predicted molar refractivity (Wildman–Crippen MR) is 72.6 cm³/mol. The minimum atomic E-state index is -0.0761. The molecule has 2 rings (SSSR count). The van der Waals surface area contributed by atoms with Crippen LogP contribution in [0.25, 0.3) is 0 Å². The number of ether oxygens (including phenoxy) is 1. The standard InChI is InChI=1S/C15H27NO2/c1-13-9-16(10-14(2)18-13)11-15(12-17)7-5-3-4-6-8-15/h12-14H,3-11H2,1-2H3/t13-,14+. The quantitative estimate of drug-likeness (QED) is 0.572. The summed E-state index contributed by atoms with van der Waals surface area (Å²) in [6, 6.07) is 0. The van der Waals surface area contributed by atoms with Crippen LogP contribution < -0.4 is 0 Å². The van der Waals surface area contributed by atoms with Crippen molar-refractivity contribution in [2.75, 3.05) is 19.6 Å². The predicted octanol–water partition coefficient (Wildman–Crippen LogP) is 2.64. The molecule has 0 aromatic carbocycles. The molecular weight excluding hydrogens is 226 g/mol. The first-order valence-electron chi connectivity index (χ1n) is 7.48. The van der Waals surface area contributed by atoms with Crippen molar-refractivity contribution in [2.24, 2.45) is 5.41 Å². The molecule has 2 atom stereocenters. The van der Waals surface area contributed by atoms with E-state index in [1.807, 2.05) is 0 Å². The summed E-state index contributed by atoms with van der Waals surface area (Å²) in [6.45, 7) is 7.14. The van der Waals surface area contributed by atoms with Gasteiger partial charge in [0.2, 0.25) is 0 Å². The Bertz CT molecular complexity index is 262.